The Morgan fingerprint density at radius 2 is 1.83 bits per heavy atom. The predicted octanol–water partition coefficient (Wildman–Crippen LogP) is 2.14. The lowest BCUT2D eigenvalue weighted by atomic mass is 10.2. The molecule has 1 N–H and O–H groups in total. The number of carboxylic acid groups (broad SMARTS) is 1. The van der Waals surface area contributed by atoms with Gasteiger partial charge in [-0.2, -0.15) is 4.90 Å². The third-order valence-corrected chi connectivity index (χ3v) is 2.18. The van der Waals surface area contributed by atoms with Crippen LogP contribution in [-0.4, -0.2) is 27.9 Å². The zero-order chi connectivity index (χ0) is 13.5. The highest BCUT2D eigenvalue weighted by Crippen LogP contribution is 2.03. The highest BCUT2D eigenvalue weighted by molar-refractivity contribution is 6.12. The van der Waals surface area contributed by atoms with Crippen LogP contribution in [0.3, 0.4) is 0 Å². The molecule has 1 aromatic carbocycles. The van der Waals surface area contributed by atoms with Gasteiger partial charge in [-0.15, -0.1) is 0 Å². The molecule has 0 aliphatic carbocycles. The van der Waals surface area contributed by atoms with E-state index in [2.05, 4.69) is 0 Å². The maximum atomic E-state index is 11.6. The first-order chi connectivity index (χ1) is 8.56. The Kier molecular flexibility index (Phi) is 4.80. The lowest BCUT2D eigenvalue weighted by Gasteiger charge is -2.11. The average molecular weight is 247 g/mol. The van der Waals surface area contributed by atoms with Gasteiger partial charge in [0.2, 0.25) is 5.91 Å². The van der Waals surface area contributed by atoms with Crippen LogP contribution in [0, 0.1) is 0 Å². The van der Waals surface area contributed by atoms with E-state index in [1.807, 2.05) is 6.07 Å². The average Bonchev–Trinajstić information content (AvgIpc) is 2.37. The maximum absolute atomic E-state index is 11.6. The zero-order valence-electron chi connectivity index (χ0n) is 9.87. The summed E-state index contributed by atoms with van der Waals surface area (Å²) in [5.74, 6) is -1.61. The fourth-order valence-electron chi connectivity index (χ4n) is 1.29. The minimum absolute atomic E-state index is 0.0444. The molecule has 0 saturated carbocycles. The van der Waals surface area contributed by atoms with Crippen molar-refractivity contribution in [1.29, 1.82) is 0 Å². The summed E-state index contributed by atoms with van der Waals surface area (Å²) < 4.78 is 0. The highest BCUT2D eigenvalue weighted by atomic mass is 16.4. The van der Waals surface area contributed by atoms with Crippen molar-refractivity contribution in [1.82, 2.24) is 4.90 Å². The summed E-state index contributed by atoms with van der Waals surface area (Å²) in [6.45, 7) is 1.49. The first-order valence-electron chi connectivity index (χ1n) is 5.39. The number of hydrogen-bond donors (Lipinski definition) is 1. The Hall–Kier alpha value is -2.43. The Morgan fingerprint density at radius 3 is 2.33 bits per heavy atom. The van der Waals surface area contributed by atoms with E-state index in [0.29, 0.717) is 0 Å². The standard InChI is InChI=1S/C13H13NO4/c1-2-11(15)14(13(17)18)12(16)9-8-10-6-4-3-5-7-10/h3-9H,2H2,1H3,(H,17,18)/b9-8+. The van der Waals surface area contributed by atoms with E-state index in [1.54, 1.807) is 24.3 Å². The first kappa shape index (κ1) is 13.6. The van der Waals surface area contributed by atoms with E-state index in [0.717, 1.165) is 11.6 Å². The van der Waals surface area contributed by atoms with Gasteiger partial charge in [0.1, 0.15) is 0 Å². The highest BCUT2D eigenvalue weighted by Gasteiger charge is 2.24. The quantitative estimate of drug-likeness (QED) is 0.830. The summed E-state index contributed by atoms with van der Waals surface area (Å²) in [7, 11) is 0. The van der Waals surface area contributed by atoms with Crippen molar-refractivity contribution in [3.63, 3.8) is 0 Å². The molecule has 3 amide bonds. The van der Waals surface area contributed by atoms with Crippen LogP contribution in [0.15, 0.2) is 36.4 Å². The molecule has 0 unspecified atom stereocenters. The molecule has 0 aromatic heterocycles. The van der Waals surface area contributed by atoms with Gasteiger partial charge in [0.15, 0.2) is 0 Å². The van der Waals surface area contributed by atoms with E-state index in [1.165, 1.54) is 13.0 Å². The molecule has 18 heavy (non-hydrogen) atoms. The van der Waals surface area contributed by atoms with Crippen LogP contribution in [0.25, 0.3) is 6.08 Å². The monoisotopic (exact) mass is 247 g/mol. The largest absolute Gasteiger partial charge is 0.464 e. The summed E-state index contributed by atoms with van der Waals surface area (Å²) in [4.78, 5) is 33.9. The molecule has 5 heteroatoms. The molecular weight excluding hydrogens is 234 g/mol. The van der Waals surface area contributed by atoms with Crippen LogP contribution in [0.2, 0.25) is 0 Å². The molecule has 0 spiro atoms. The second kappa shape index (κ2) is 6.34. The summed E-state index contributed by atoms with van der Waals surface area (Å²) in [6, 6.07) is 8.92. The van der Waals surface area contributed by atoms with E-state index < -0.39 is 17.9 Å². The van der Waals surface area contributed by atoms with Crippen LogP contribution in [0.4, 0.5) is 4.79 Å². The van der Waals surface area contributed by atoms with Gasteiger partial charge in [-0.25, -0.2) is 4.79 Å². The number of imide groups is 3. The van der Waals surface area contributed by atoms with Gasteiger partial charge in [0.05, 0.1) is 0 Å². The molecule has 1 rings (SSSR count). The smallest absolute Gasteiger partial charge is 0.421 e. The first-order valence-corrected chi connectivity index (χ1v) is 5.39. The maximum Gasteiger partial charge on any atom is 0.421 e. The van der Waals surface area contributed by atoms with Crippen molar-refractivity contribution in [3.8, 4) is 0 Å². The fourth-order valence-corrected chi connectivity index (χ4v) is 1.29. The second-order valence-electron chi connectivity index (χ2n) is 3.45. The van der Waals surface area contributed by atoms with Crippen molar-refractivity contribution in [2.45, 2.75) is 13.3 Å². The van der Waals surface area contributed by atoms with Gasteiger partial charge in [0, 0.05) is 12.5 Å². The van der Waals surface area contributed by atoms with Crippen LogP contribution in [0.5, 0.6) is 0 Å². The third-order valence-electron chi connectivity index (χ3n) is 2.18. The lowest BCUT2D eigenvalue weighted by Crippen LogP contribution is -2.39. The van der Waals surface area contributed by atoms with E-state index in [-0.39, 0.29) is 11.3 Å². The Balaban J connectivity index is 2.83. The van der Waals surface area contributed by atoms with Gasteiger partial charge < -0.3 is 5.11 Å². The van der Waals surface area contributed by atoms with Crippen molar-refractivity contribution in [2.75, 3.05) is 0 Å². The topological polar surface area (TPSA) is 74.7 Å². The van der Waals surface area contributed by atoms with Crippen molar-refractivity contribution in [3.05, 3.63) is 42.0 Å². The molecule has 0 fully saturated rings. The van der Waals surface area contributed by atoms with Crippen LogP contribution >= 0.6 is 0 Å². The van der Waals surface area contributed by atoms with Crippen molar-refractivity contribution >= 4 is 24.0 Å². The lowest BCUT2D eigenvalue weighted by molar-refractivity contribution is -0.138. The SMILES string of the molecule is CCC(=O)N(C(=O)O)C(=O)/C=C/c1ccccc1. The predicted molar refractivity (Wildman–Crippen MR) is 65.6 cm³/mol. The molecule has 0 saturated heterocycles. The van der Waals surface area contributed by atoms with E-state index in [9.17, 15) is 14.4 Å². The van der Waals surface area contributed by atoms with Crippen LogP contribution in [-0.2, 0) is 9.59 Å². The molecule has 1 aromatic rings. The summed E-state index contributed by atoms with van der Waals surface area (Å²) in [5, 5.41) is 8.79. The molecule has 0 radical (unpaired) electrons. The Bertz CT molecular complexity index is 479. The second-order valence-corrected chi connectivity index (χ2v) is 3.45. The molecule has 94 valence electrons. The van der Waals surface area contributed by atoms with E-state index in [4.69, 9.17) is 5.11 Å². The molecule has 0 bridgehead atoms. The molecule has 0 atom stereocenters. The molecule has 0 aliphatic rings. The van der Waals surface area contributed by atoms with Gasteiger partial charge in [-0.1, -0.05) is 37.3 Å². The summed E-state index contributed by atoms with van der Waals surface area (Å²) >= 11 is 0. The fraction of sp³-hybridized carbons (Fsp3) is 0.154. The number of benzene rings is 1. The molecule has 5 nitrogen and oxygen atoms in total. The molecule has 0 heterocycles. The molecule has 0 aliphatic heterocycles. The summed E-state index contributed by atoms with van der Waals surface area (Å²) in [6.07, 6.45) is 0.916. The molecular formula is C13H13NO4. The normalized spacial score (nSPS) is 10.3. The van der Waals surface area contributed by atoms with Gasteiger partial charge in [-0.3, -0.25) is 9.59 Å². The number of hydrogen-bond acceptors (Lipinski definition) is 3. The summed E-state index contributed by atoms with van der Waals surface area (Å²) in [5.41, 5.74) is 0.750. The van der Waals surface area contributed by atoms with Crippen LogP contribution in [0.1, 0.15) is 18.9 Å². The van der Waals surface area contributed by atoms with Gasteiger partial charge in [-0.05, 0) is 11.6 Å². The Morgan fingerprint density at radius 1 is 1.22 bits per heavy atom. The van der Waals surface area contributed by atoms with Gasteiger partial charge in [0.25, 0.3) is 5.91 Å². The number of nitrogens with zero attached hydrogens (tertiary/aromatic N) is 1. The minimum atomic E-state index is -1.57. The number of amides is 3. The zero-order valence-corrected chi connectivity index (χ0v) is 9.87. The van der Waals surface area contributed by atoms with E-state index >= 15 is 0 Å². The van der Waals surface area contributed by atoms with Crippen molar-refractivity contribution in [2.24, 2.45) is 0 Å². The van der Waals surface area contributed by atoms with Crippen molar-refractivity contribution < 1.29 is 19.5 Å². The number of rotatable bonds is 3. The number of carbonyl (C=O) groups is 3. The Labute approximate surface area is 104 Å². The van der Waals surface area contributed by atoms with Gasteiger partial charge >= 0.3 is 6.09 Å². The van der Waals surface area contributed by atoms with Crippen LogP contribution < -0.4 is 0 Å². The minimum Gasteiger partial charge on any atom is -0.464 e. The number of carbonyl (C=O) groups excluding carboxylic acids is 2. The third kappa shape index (κ3) is 3.55.